The van der Waals surface area contributed by atoms with Crippen molar-refractivity contribution in [2.24, 2.45) is 37.3 Å². The highest BCUT2D eigenvalue weighted by molar-refractivity contribution is 5.90. The molecule has 0 saturated heterocycles. The Morgan fingerprint density at radius 1 is 1.07 bits per heavy atom. The van der Waals surface area contributed by atoms with Crippen molar-refractivity contribution in [3.63, 3.8) is 0 Å². The van der Waals surface area contributed by atoms with Crippen LogP contribution < -0.4 is 11.2 Å². The van der Waals surface area contributed by atoms with E-state index in [0.717, 1.165) is 23.8 Å². The van der Waals surface area contributed by atoms with Gasteiger partial charge in [0.15, 0.2) is 16.9 Å². The third kappa shape index (κ3) is 2.20. The summed E-state index contributed by atoms with van der Waals surface area (Å²) < 4.78 is 4.15. The first-order valence-corrected chi connectivity index (χ1v) is 9.97. The van der Waals surface area contributed by atoms with Crippen LogP contribution in [0.5, 0.6) is 0 Å². The van der Waals surface area contributed by atoms with Gasteiger partial charge >= 0.3 is 5.69 Å². The van der Waals surface area contributed by atoms with Gasteiger partial charge < -0.3 is 4.57 Å². The maximum atomic E-state index is 13.7. The van der Waals surface area contributed by atoms with Gasteiger partial charge in [-0.3, -0.25) is 18.7 Å². The number of Topliss-reactive ketones (excluding diaryl/α,β-unsaturated/α-hetero) is 1. The van der Waals surface area contributed by atoms with E-state index in [1.807, 2.05) is 6.92 Å². The van der Waals surface area contributed by atoms with Crippen molar-refractivity contribution in [2.45, 2.75) is 51.5 Å². The van der Waals surface area contributed by atoms with Crippen molar-refractivity contribution in [3.8, 4) is 0 Å². The lowest BCUT2D eigenvalue weighted by molar-refractivity contribution is -0.146. The Morgan fingerprint density at radius 3 is 2.19 bits per heavy atom. The number of aromatic nitrogens is 4. The number of aryl methyl sites for hydroxylation is 1. The van der Waals surface area contributed by atoms with Crippen LogP contribution in [0.25, 0.3) is 11.2 Å². The minimum absolute atomic E-state index is 0.226. The van der Waals surface area contributed by atoms with Crippen LogP contribution in [0.3, 0.4) is 0 Å². The summed E-state index contributed by atoms with van der Waals surface area (Å²) in [5.74, 6) is 2.33. The van der Waals surface area contributed by atoms with Gasteiger partial charge in [-0.15, -0.1) is 0 Å². The fourth-order valence-electron chi connectivity index (χ4n) is 6.64. The summed E-state index contributed by atoms with van der Waals surface area (Å²) in [5, 5.41) is 0. The zero-order valence-electron chi connectivity index (χ0n) is 16.1. The molecular formula is C20H26N4O3. The van der Waals surface area contributed by atoms with Crippen molar-refractivity contribution < 1.29 is 4.79 Å². The molecule has 27 heavy (non-hydrogen) atoms. The Morgan fingerprint density at radius 2 is 1.63 bits per heavy atom. The van der Waals surface area contributed by atoms with Gasteiger partial charge in [-0.25, -0.2) is 9.78 Å². The quantitative estimate of drug-likeness (QED) is 0.825. The zero-order chi connectivity index (χ0) is 19.1. The van der Waals surface area contributed by atoms with Crippen LogP contribution in [0.2, 0.25) is 0 Å². The van der Waals surface area contributed by atoms with Crippen LogP contribution in [0.15, 0.2) is 15.9 Å². The SMILES string of the molecule is CC(C(=O)C12CC3CC(CC(C3)C1)C2)n1cnc2c1c(=O)n(C)c(=O)n2C. The predicted octanol–water partition coefficient (Wildman–Crippen LogP) is 1.78. The van der Waals surface area contributed by atoms with Gasteiger partial charge in [0.05, 0.1) is 12.4 Å². The minimum atomic E-state index is -0.448. The van der Waals surface area contributed by atoms with Crippen molar-refractivity contribution >= 4 is 16.9 Å². The van der Waals surface area contributed by atoms with Crippen molar-refractivity contribution in [1.82, 2.24) is 18.7 Å². The molecular weight excluding hydrogens is 344 g/mol. The van der Waals surface area contributed by atoms with E-state index in [1.165, 1.54) is 30.9 Å². The summed E-state index contributed by atoms with van der Waals surface area (Å²) in [6.45, 7) is 1.88. The summed E-state index contributed by atoms with van der Waals surface area (Å²) in [6.07, 6.45) is 8.43. The molecule has 7 nitrogen and oxygen atoms in total. The molecule has 2 heterocycles. The topological polar surface area (TPSA) is 78.9 Å². The van der Waals surface area contributed by atoms with Gasteiger partial charge in [-0.2, -0.15) is 0 Å². The van der Waals surface area contributed by atoms with E-state index in [1.54, 1.807) is 17.9 Å². The molecule has 7 heteroatoms. The van der Waals surface area contributed by atoms with Crippen molar-refractivity contribution in [1.29, 1.82) is 0 Å². The number of hydrogen-bond acceptors (Lipinski definition) is 4. The first-order valence-electron chi connectivity index (χ1n) is 9.97. The van der Waals surface area contributed by atoms with Crippen molar-refractivity contribution in [2.75, 3.05) is 0 Å². The Labute approximate surface area is 157 Å². The molecule has 0 aliphatic heterocycles. The molecule has 4 fully saturated rings. The van der Waals surface area contributed by atoms with Crippen LogP contribution in [-0.4, -0.2) is 24.5 Å². The Hall–Kier alpha value is -2.18. The van der Waals surface area contributed by atoms with Crippen LogP contribution in [-0.2, 0) is 18.9 Å². The molecule has 2 aromatic heterocycles. The summed E-state index contributed by atoms with van der Waals surface area (Å²) >= 11 is 0. The summed E-state index contributed by atoms with van der Waals surface area (Å²) in [6, 6.07) is -0.448. The smallest absolute Gasteiger partial charge is 0.314 e. The molecule has 2 aromatic rings. The van der Waals surface area contributed by atoms with Crippen LogP contribution in [0, 0.1) is 23.2 Å². The number of carbonyl (C=O) groups excluding carboxylic acids is 1. The monoisotopic (exact) mass is 370 g/mol. The standard InChI is InChI=1S/C20H26N4O3/c1-11(16(25)20-7-12-4-13(8-20)6-14(5-12)9-20)24-10-21-17-15(24)18(26)23(3)19(27)22(17)2/h10-14H,4-9H2,1-3H3. The second-order valence-corrected chi connectivity index (χ2v) is 9.27. The van der Waals surface area contributed by atoms with Crippen LogP contribution >= 0.6 is 0 Å². The Kier molecular flexibility index (Phi) is 3.41. The second-order valence-electron chi connectivity index (χ2n) is 9.27. The molecule has 1 unspecified atom stereocenters. The fraction of sp³-hybridized carbons (Fsp3) is 0.700. The van der Waals surface area contributed by atoms with Gasteiger partial charge in [0.1, 0.15) is 0 Å². The lowest BCUT2D eigenvalue weighted by atomic mass is 9.48. The summed E-state index contributed by atoms with van der Waals surface area (Å²) in [5.41, 5.74) is -0.344. The molecule has 1 atom stereocenters. The molecule has 0 amide bonds. The average molecular weight is 370 g/mol. The second kappa shape index (κ2) is 5.42. The first kappa shape index (κ1) is 17.0. The number of rotatable bonds is 3. The molecule has 4 saturated carbocycles. The Bertz CT molecular complexity index is 1040. The molecule has 4 bridgehead atoms. The molecule has 6 rings (SSSR count). The highest BCUT2D eigenvalue weighted by Gasteiger charge is 2.55. The van der Waals surface area contributed by atoms with Crippen LogP contribution in [0.1, 0.15) is 51.5 Å². The van der Waals surface area contributed by atoms with E-state index in [4.69, 9.17) is 0 Å². The Balaban J connectivity index is 1.59. The molecule has 0 radical (unpaired) electrons. The lowest BCUT2D eigenvalue weighted by Gasteiger charge is -2.56. The number of nitrogens with zero attached hydrogens (tertiary/aromatic N) is 4. The van der Waals surface area contributed by atoms with Gasteiger partial charge in [0, 0.05) is 19.5 Å². The molecule has 4 aliphatic rings. The normalized spacial score (nSPS) is 32.9. The minimum Gasteiger partial charge on any atom is -0.314 e. The first-order chi connectivity index (χ1) is 12.8. The summed E-state index contributed by atoms with van der Waals surface area (Å²) in [7, 11) is 3.07. The van der Waals surface area contributed by atoms with E-state index in [9.17, 15) is 14.4 Å². The number of fused-ring (bicyclic) bond motifs is 1. The molecule has 0 spiro atoms. The van der Waals surface area contributed by atoms with E-state index < -0.39 is 17.3 Å². The number of carbonyl (C=O) groups is 1. The van der Waals surface area contributed by atoms with Gasteiger partial charge in [0.25, 0.3) is 5.56 Å². The van der Waals surface area contributed by atoms with Gasteiger partial charge in [-0.1, -0.05) is 0 Å². The zero-order valence-corrected chi connectivity index (χ0v) is 16.1. The van der Waals surface area contributed by atoms with Crippen LogP contribution in [0.4, 0.5) is 0 Å². The van der Waals surface area contributed by atoms with Gasteiger partial charge in [0.2, 0.25) is 0 Å². The third-order valence-electron chi connectivity index (χ3n) is 7.53. The molecule has 0 N–H and O–H groups in total. The fourth-order valence-corrected chi connectivity index (χ4v) is 6.64. The number of ketones is 1. The molecule has 4 aliphatic carbocycles. The van der Waals surface area contributed by atoms with Gasteiger partial charge in [-0.05, 0) is 63.2 Å². The highest BCUT2D eigenvalue weighted by atomic mass is 16.2. The van der Waals surface area contributed by atoms with E-state index in [2.05, 4.69) is 4.98 Å². The maximum absolute atomic E-state index is 13.7. The average Bonchev–Trinajstić information content (AvgIpc) is 3.07. The predicted molar refractivity (Wildman–Crippen MR) is 101 cm³/mol. The highest BCUT2D eigenvalue weighted by Crippen LogP contribution is 2.61. The third-order valence-corrected chi connectivity index (χ3v) is 7.53. The molecule has 0 aromatic carbocycles. The van der Waals surface area contributed by atoms with E-state index >= 15 is 0 Å². The number of imidazole rings is 1. The van der Waals surface area contributed by atoms with E-state index in [0.29, 0.717) is 28.9 Å². The number of hydrogen-bond donors (Lipinski definition) is 0. The maximum Gasteiger partial charge on any atom is 0.332 e. The lowest BCUT2D eigenvalue weighted by Crippen LogP contribution is -2.51. The molecule has 144 valence electrons. The van der Waals surface area contributed by atoms with E-state index in [-0.39, 0.29) is 11.2 Å². The van der Waals surface area contributed by atoms with Crippen molar-refractivity contribution in [3.05, 3.63) is 27.2 Å². The largest absolute Gasteiger partial charge is 0.332 e. The summed E-state index contributed by atoms with van der Waals surface area (Å²) in [4.78, 5) is 42.8.